The predicted octanol–water partition coefficient (Wildman–Crippen LogP) is 3.05. The Bertz CT molecular complexity index is 67.0. The Morgan fingerprint density at radius 3 is 2.44 bits per heavy atom. The first kappa shape index (κ1) is 9.09. The molecule has 0 saturated heterocycles. The third-order valence-electron chi connectivity index (χ3n) is 1.15. The standard InChI is InChI=1S/C8H16S/c1-2-3-4-5-6-7-8-9/h4-5,9H,2-3,6-8H2,1H3. The van der Waals surface area contributed by atoms with Crippen LogP contribution >= 0.6 is 12.6 Å². The lowest BCUT2D eigenvalue weighted by molar-refractivity contribution is 0.928. The highest BCUT2D eigenvalue weighted by molar-refractivity contribution is 7.80. The lowest BCUT2D eigenvalue weighted by Gasteiger charge is -1.86. The molecule has 0 spiro atoms. The van der Waals surface area contributed by atoms with Crippen LogP contribution in [-0.4, -0.2) is 5.75 Å². The number of allylic oxidation sites excluding steroid dienone is 2. The van der Waals surface area contributed by atoms with E-state index < -0.39 is 0 Å². The Morgan fingerprint density at radius 2 is 1.89 bits per heavy atom. The van der Waals surface area contributed by atoms with Gasteiger partial charge in [-0.3, -0.25) is 0 Å². The molecule has 1 heteroatoms. The molecule has 0 aromatic carbocycles. The number of thiol groups is 1. The number of hydrogen-bond acceptors (Lipinski definition) is 1. The minimum absolute atomic E-state index is 1.01. The van der Waals surface area contributed by atoms with Crippen LogP contribution < -0.4 is 0 Å². The van der Waals surface area contributed by atoms with Gasteiger partial charge < -0.3 is 0 Å². The molecule has 0 atom stereocenters. The molecule has 0 aliphatic carbocycles. The first-order valence-corrected chi connectivity index (χ1v) is 4.31. The summed E-state index contributed by atoms with van der Waals surface area (Å²) in [5.74, 6) is 1.01. The molecule has 0 aromatic heterocycles. The average molecular weight is 144 g/mol. The van der Waals surface area contributed by atoms with Gasteiger partial charge in [-0.2, -0.15) is 12.6 Å². The second-order valence-electron chi connectivity index (χ2n) is 2.13. The van der Waals surface area contributed by atoms with Crippen molar-refractivity contribution in [3.8, 4) is 0 Å². The van der Waals surface area contributed by atoms with Crippen molar-refractivity contribution < 1.29 is 0 Å². The van der Waals surface area contributed by atoms with Crippen LogP contribution in [0.3, 0.4) is 0 Å². The Labute approximate surface area is 63.8 Å². The molecule has 0 N–H and O–H groups in total. The maximum Gasteiger partial charge on any atom is -0.00950 e. The summed E-state index contributed by atoms with van der Waals surface area (Å²) in [6, 6.07) is 0. The van der Waals surface area contributed by atoms with Crippen LogP contribution in [0.5, 0.6) is 0 Å². The second kappa shape index (κ2) is 8.09. The molecule has 54 valence electrons. The van der Waals surface area contributed by atoms with Crippen LogP contribution in [0.25, 0.3) is 0 Å². The van der Waals surface area contributed by atoms with Gasteiger partial charge in [0.25, 0.3) is 0 Å². The summed E-state index contributed by atoms with van der Waals surface area (Å²) in [6.45, 7) is 2.20. The van der Waals surface area contributed by atoms with Crippen molar-refractivity contribution in [3.05, 3.63) is 12.2 Å². The van der Waals surface area contributed by atoms with Crippen LogP contribution in [0.2, 0.25) is 0 Å². The van der Waals surface area contributed by atoms with Gasteiger partial charge in [-0.1, -0.05) is 25.5 Å². The van der Waals surface area contributed by atoms with Gasteiger partial charge in [0.15, 0.2) is 0 Å². The predicted molar refractivity (Wildman–Crippen MR) is 47.1 cm³/mol. The van der Waals surface area contributed by atoms with Gasteiger partial charge >= 0.3 is 0 Å². The molecule has 0 unspecified atom stereocenters. The molecule has 0 heterocycles. The van der Waals surface area contributed by atoms with Gasteiger partial charge in [0, 0.05) is 0 Å². The normalized spacial score (nSPS) is 10.9. The lowest BCUT2D eigenvalue weighted by atomic mass is 10.2. The highest BCUT2D eigenvalue weighted by atomic mass is 32.1. The summed E-state index contributed by atoms with van der Waals surface area (Å²) >= 11 is 4.11. The number of unbranched alkanes of at least 4 members (excludes halogenated alkanes) is 2. The minimum atomic E-state index is 1.01. The van der Waals surface area contributed by atoms with Crippen molar-refractivity contribution in [2.75, 3.05) is 5.75 Å². The van der Waals surface area contributed by atoms with Gasteiger partial charge in [-0.05, 0) is 25.0 Å². The first-order valence-electron chi connectivity index (χ1n) is 3.67. The van der Waals surface area contributed by atoms with Crippen molar-refractivity contribution in [1.29, 1.82) is 0 Å². The average Bonchev–Trinajstić information content (AvgIpc) is 1.89. The monoisotopic (exact) mass is 144 g/mol. The van der Waals surface area contributed by atoms with Gasteiger partial charge in [-0.25, -0.2) is 0 Å². The molecule has 9 heavy (non-hydrogen) atoms. The van der Waals surface area contributed by atoms with Crippen molar-refractivity contribution in [2.45, 2.75) is 32.6 Å². The molecule has 0 bridgehead atoms. The lowest BCUT2D eigenvalue weighted by Crippen LogP contribution is -1.70. The minimum Gasteiger partial charge on any atom is -0.179 e. The largest absolute Gasteiger partial charge is 0.179 e. The molecule has 0 aromatic rings. The topological polar surface area (TPSA) is 0 Å². The summed E-state index contributed by atoms with van der Waals surface area (Å²) in [7, 11) is 0. The van der Waals surface area contributed by atoms with Crippen molar-refractivity contribution >= 4 is 12.6 Å². The van der Waals surface area contributed by atoms with Crippen molar-refractivity contribution in [3.63, 3.8) is 0 Å². The highest BCUT2D eigenvalue weighted by Gasteiger charge is 1.76. The van der Waals surface area contributed by atoms with Crippen LogP contribution in [0.1, 0.15) is 32.6 Å². The summed E-state index contributed by atoms with van der Waals surface area (Å²) in [5, 5.41) is 0. The summed E-state index contributed by atoms with van der Waals surface area (Å²) in [4.78, 5) is 0. The van der Waals surface area contributed by atoms with E-state index in [9.17, 15) is 0 Å². The van der Waals surface area contributed by atoms with E-state index in [-0.39, 0.29) is 0 Å². The molecule has 0 aliphatic heterocycles. The van der Waals surface area contributed by atoms with E-state index in [0.717, 1.165) is 5.75 Å². The van der Waals surface area contributed by atoms with E-state index in [4.69, 9.17) is 0 Å². The van der Waals surface area contributed by atoms with Crippen LogP contribution in [0.15, 0.2) is 12.2 Å². The second-order valence-corrected chi connectivity index (χ2v) is 2.57. The van der Waals surface area contributed by atoms with E-state index >= 15 is 0 Å². The molecule has 0 aliphatic rings. The summed E-state index contributed by atoms with van der Waals surface area (Å²) in [5.41, 5.74) is 0. The van der Waals surface area contributed by atoms with E-state index in [1.807, 2.05) is 0 Å². The Morgan fingerprint density at radius 1 is 1.22 bits per heavy atom. The summed E-state index contributed by atoms with van der Waals surface area (Å²) in [6.07, 6.45) is 9.40. The fourth-order valence-electron chi connectivity index (χ4n) is 0.612. The Balaban J connectivity index is 2.86. The van der Waals surface area contributed by atoms with Gasteiger partial charge in [0.2, 0.25) is 0 Å². The summed E-state index contributed by atoms with van der Waals surface area (Å²) < 4.78 is 0. The Hall–Kier alpha value is 0.0900. The maximum absolute atomic E-state index is 4.11. The zero-order valence-corrected chi connectivity index (χ0v) is 7.03. The number of hydrogen-bond donors (Lipinski definition) is 1. The van der Waals surface area contributed by atoms with E-state index in [1.54, 1.807) is 0 Å². The molecular weight excluding hydrogens is 128 g/mol. The zero-order valence-electron chi connectivity index (χ0n) is 6.14. The van der Waals surface area contributed by atoms with Crippen LogP contribution in [-0.2, 0) is 0 Å². The zero-order chi connectivity index (χ0) is 6.95. The van der Waals surface area contributed by atoms with Gasteiger partial charge in [0.05, 0.1) is 0 Å². The third kappa shape index (κ3) is 8.09. The third-order valence-corrected chi connectivity index (χ3v) is 1.47. The van der Waals surface area contributed by atoms with Gasteiger partial charge in [-0.15, -0.1) is 0 Å². The van der Waals surface area contributed by atoms with Crippen LogP contribution in [0, 0.1) is 0 Å². The molecular formula is C8H16S. The van der Waals surface area contributed by atoms with E-state index in [1.165, 1.54) is 25.7 Å². The van der Waals surface area contributed by atoms with E-state index in [2.05, 4.69) is 31.7 Å². The maximum atomic E-state index is 4.11. The highest BCUT2D eigenvalue weighted by Crippen LogP contribution is 1.95. The fraction of sp³-hybridized carbons (Fsp3) is 0.750. The van der Waals surface area contributed by atoms with E-state index in [0.29, 0.717) is 0 Å². The van der Waals surface area contributed by atoms with Crippen LogP contribution in [0.4, 0.5) is 0 Å². The molecule has 0 amide bonds. The molecule has 0 nitrogen and oxygen atoms in total. The fourth-order valence-corrected chi connectivity index (χ4v) is 0.794. The van der Waals surface area contributed by atoms with Crippen molar-refractivity contribution in [1.82, 2.24) is 0 Å². The van der Waals surface area contributed by atoms with Crippen molar-refractivity contribution in [2.24, 2.45) is 0 Å². The molecule has 0 rings (SSSR count). The van der Waals surface area contributed by atoms with Gasteiger partial charge in [0.1, 0.15) is 0 Å². The molecule has 0 radical (unpaired) electrons. The molecule has 0 saturated carbocycles. The SMILES string of the molecule is CCCC=CCCCS. The number of rotatable bonds is 5. The Kier molecular flexibility index (Phi) is 8.17. The first-order chi connectivity index (χ1) is 4.41. The quantitative estimate of drug-likeness (QED) is 0.342. The smallest absolute Gasteiger partial charge is 0.00950 e. The molecule has 0 fully saturated rings.